The van der Waals surface area contributed by atoms with Gasteiger partial charge < -0.3 is 5.11 Å². The van der Waals surface area contributed by atoms with Gasteiger partial charge in [0.2, 0.25) is 0 Å². The second kappa shape index (κ2) is 6.27. The van der Waals surface area contributed by atoms with Crippen molar-refractivity contribution >= 4 is 17.7 Å². The first kappa shape index (κ1) is 16.2. The van der Waals surface area contributed by atoms with Gasteiger partial charge in [0.15, 0.2) is 0 Å². The Morgan fingerprint density at radius 3 is 2.45 bits per heavy atom. The standard InChI is InChI=1S/C16H29NO2S/c1-4-5-16(14(18)19)6-9-17(10-7-16)13-12-20-11-8-15(13,2)3/h13H,4-12H2,1-3H3,(H,18,19). The van der Waals surface area contributed by atoms with E-state index in [1.807, 2.05) is 0 Å². The highest BCUT2D eigenvalue weighted by Gasteiger charge is 2.44. The molecule has 1 unspecified atom stereocenters. The molecule has 0 saturated carbocycles. The van der Waals surface area contributed by atoms with E-state index in [4.69, 9.17) is 0 Å². The summed E-state index contributed by atoms with van der Waals surface area (Å²) >= 11 is 2.06. The lowest BCUT2D eigenvalue weighted by Gasteiger charge is -2.49. The maximum atomic E-state index is 11.7. The molecule has 116 valence electrons. The van der Waals surface area contributed by atoms with Crippen molar-refractivity contribution in [1.82, 2.24) is 4.90 Å². The molecule has 0 spiro atoms. The molecule has 1 atom stereocenters. The number of carboxylic acid groups (broad SMARTS) is 1. The van der Waals surface area contributed by atoms with Crippen molar-refractivity contribution in [2.45, 2.75) is 58.9 Å². The van der Waals surface area contributed by atoms with Crippen LogP contribution in [0.25, 0.3) is 0 Å². The van der Waals surface area contributed by atoms with E-state index in [2.05, 4.69) is 37.4 Å². The average molecular weight is 299 g/mol. The topological polar surface area (TPSA) is 40.5 Å². The lowest BCUT2D eigenvalue weighted by atomic mass is 9.73. The molecule has 0 aromatic heterocycles. The zero-order chi connectivity index (χ0) is 14.8. The molecule has 2 aliphatic heterocycles. The SMILES string of the molecule is CCCC1(C(=O)O)CCN(C2CSCCC2(C)C)CC1. The van der Waals surface area contributed by atoms with Crippen LogP contribution in [0.1, 0.15) is 52.9 Å². The minimum absolute atomic E-state index is 0.374. The Hall–Kier alpha value is -0.220. The van der Waals surface area contributed by atoms with Crippen LogP contribution in [0.2, 0.25) is 0 Å². The molecule has 20 heavy (non-hydrogen) atoms. The molecule has 0 bridgehead atoms. The first-order valence-electron chi connectivity index (χ1n) is 7.96. The summed E-state index contributed by atoms with van der Waals surface area (Å²) in [6, 6.07) is 0.620. The predicted octanol–water partition coefficient (Wildman–Crippen LogP) is 3.49. The fraction of sp³-hybridized carbons (Fsp3) is 0.938. The van der Waals surface area contributed by atoms with Gasteiger partial charge in [0.1, 0.15) is 0 Å². The van der Waals surface area contributed by atoms with E-state index in [-0.39, 0.29) is 0 Å². The van der Waals surface area contributed by atoms with Crippen LogP contribution in [-0.4, -0.2) is 46.6 Å². The van der Waals surface area contributed by atoms with Crippen LogP contribution in [0.5, 0.6) is 0 Å². The zero-order valence-corrected chi connectivity index (χ0v) is 14.0. The summed E-state index contributed by atoms with van der Waals surface area (Å²) in [7, 11) is 0. The van der Waals surface area contributed by atoms with Gasteiger partial charge >= 0.3 is 5.97 Å². The average Bonchev–Trinajstić information content (AvgIpc) is 2.39. The van der Waals surface area contributed by atoms with Crippen molar-refractivity contribution in [3.8, 4) is 0 Å². The number of aliphatic carboxylic acids is 1. The largest absolute Gasteiger partial charge is 0.481 e. The van der Waals surface area contributed by atoms with Gasteiger partial charge in [-0.1, -0.05) is 27.2 Å². The van der Waals surface area contributed by atoms with Gasteiger partial charge in [0.25, 0.3) is 0 Å². The van der Waals surface area contributed by atoms with Gasteiger partial charge in [0, 0.05) is 11.8 Å². The number of rotatable bonds is 4. The third-order valence-electron chi connectivity index (χ3n) is 5.45. The Kier molecular flexibility index (Phi) is 5.06. The minimum Gasteiger partial charge on any atom is -0.481 e. The second-order valence-corrected chi connectivity index (χ2v) is 8.35. The van der Waals surface area contributed by atoms with Crippen LogP contribution in [-0.2, 0) is 4.79 Å². The van der Waals surface area contributed by atoms with Gasteiger partial charge in [-0.3, -0.25) is 9.69 Å². The second-order valence-electron chi connectivity index (χ2n) is 7.20. The Labute approximate surface area is 127 Å². The molecule has 2 fully saturated rings. The summed E-state index contributed by atoms with van der Waals surface area (Å²) in [5, 5.41) is 9.60. The Bertz CT molecular complexity index is 348. The molecule has 0 aliphatic carbocycles. The van der Waals surface area contributed by atoms with Crippen molar-refractivity contribution in [3.05, 3.63) is 0 Å². The van der Waals surface area contributed by atoms with Crippen LogP contribution >= 0.6 is 11.8 Å². The molecule has 2 rings (SSSR count). The molecular weight excluding hydrogens is 270 g/mol. The zero-order valence-electron chi connectivity index (χ0n) is 13.2. The maximum absolute atomic E-state index is 11.7. The normalized spacial score (nSPS) is 30.1. The first-order chi connectivity index (χ1) is 9.41. The van der Waals surface area contributed by atoms with Crippen LogP contribution < -0.4 is 0 Å². The Balaban J connectivity index is 2.01. The van der Waals surface area contributed by atoms with Crippen molar-refractivity contribution in [2.75, 3.05) is 24.6 Å². The summed E-state index contributed by atoms with van der Waals surface area (Å²) in [4.78, 5) is 14.2. The third-order valence-corrected chi connectivity index (χ3v) is 6.49. The molecule has 0 aromatic carbocycles. The van der Waals surface area contributed by atoms with Crippen molar-refractivity contribution in [2.24, 2.45) is 10.8 Å². The molecule has 2 aliphatic rings. The van der Waals surface area contributed by atoms with Crippen molar-refractivity contribution < 1.29 is 9.90 Å². The fourth-order valence-electron chi connectivity index (χ4n) is 3.84. The molecular formula is C16H29NO2S. The van der Waals surface area contributed by atoms with Gasteiger partial charge in [-0.15, -0.1) is 0 Å². The molecule has 1 N–H and O–H groups in total. The van der Waals surface area contributed by atoms with E-state index in [9.17, 15) is 9.90 Å². The summed E-state index contributed by atoms with van der Waals surface area (Å²) in [6.45, 7) is 8.77. The van der Waals surface area contributed by atoms with E-state index >= 15 is 0 Å². The monoisotopic (exact) mass is 299 g/mol. The van der Waals surface area contributed by atoms with Crippen LogP contribution in [0.4, 0.5) is 0 Å². The first-order valence-corrected chi connectivity index (χ1v) is 9.12. The number of carbonyl (C=O) groups is 1. The number of hydrogen-bond acceptors (Lipinski definition) is 3. The Morgan fingerprint density at radius 2 is 1.95 bits per heavy atom. The van der Waals surface area contributed by atoms with E-state index in [1.165, 1.54) is 17.9 Å². The summed E-state index contributed by atoms with van der Waals surface area (Å²) in [5.74, 6) is 1.91. The van der Waals surface area contributed by atoms with Gasteiger partial charge in [0.05, 0.1) is 5.41 Å². The van der Waals surface area contributed by atoms with E-state index in [0.29, 0.717) is 11.5 Å². The maximum Gasteiger partial charge on any atom is 0.309 e. The smallest absolute Gasteiger partial charge is 0.309 e. The van der Waals surface area contributed by atoms with Gasteiger partial charge in [-0.25, -0.2) is 0 Å². The molecule has 0 aromatic rings. The molecule has 2 saturated heterocycles. The molecule has 0 radical (unpaired) electrons. The highest BCUT2D eigenvalue weighted by Crippen LogP contribution is 2.42. The molecule has 4 heteroatoms. The fourth-order valence-corrected chi connectivity index (χ4v) is 5.56. The lowest BCUT2D eigenvalue weighted by Crippen LogP contribution is -2.54. The molecule has 3 nitrogen and oxygen atoms in total. The molecule has 2 heterocycles. The van der Waals surface area contributed by atoms with E-state index < -0.39 is 11.4 Å². The van der Waals surface area contributed by atoms with Crippen molar-refractivity contribution in [3.63, 3.8) is 0 Å². The number of thioether (sulfide) groups is 1. The third kappa shape index (κ3) is 3.16. The predicted molar refractivity (Wildman–Crippen MR) is 85.3 cm³/mol. The minimum atomic E-state index is -0.573. The number of hydrogen-bond donors (Lipinski definition) is 1. The highest BCUT2D eigenvalue weighted by atomic mass is 32.2. The highest BCUT2D eigenvalue weighted by molar-refractivity contribution is 7.99. The van der Waals surface area contributed by atoms with Gasteiger partial charge in [-0.05, 0) is 49.9 Å². The van der Waals surface area contributed by atoms with E-state index in [1.54, 1.807) is 0 Å². The van der Waals surface area contributed by atoms with Crippen LogP contribution in [0.3, 0.4) is 0 Å². The van der Waals surface area contributed by atoms with Crippen LogP contribution in [0, 0.1) is 10.8 Å². The quantitative estimate of drug-likeness (QED) is 0.863. The van der Waals surface area contributed by atoms with Crippen molar-refractivity contribution in [1.29, 1.82) is 0 Å². The number of piperidine rings is 1. The summed E-state index contributed by atoms with van der Waals surface area (Å²) in [6.07, 6.45) is 4.73. The Morgan fingerprint density at radius 1 is 1.30 bits per heavy atom. The number of likely N-dealkylation sites (tertiary alicyclic amines) is 1. The summed E-state index contributed by atoms with van der Waals surface area (Å²) in [5.41, 5.74) is -0.0730. The summed E-state index contributed by atoms with van der Waals surface area (Å²) < 4.78 is 0. The molecule has 0 amide bonds. The van der Waals surface area contributed by atoms with Crippen LogP contribution in [0.15, 0.2) is 0 Å². The lowest BCUT2D eigenvalue weighted by molar-refractivity contribution is -0.153. The van der Waals surface area contributed by atoms with Gasteiger partial charge in [-0.2, -0.15) is 11.8 Å². The number of carboxylic acids is 1. The number of nitrogens with zero attached hydrogens (tertiary/aromatic N) is 1. The van der Waals surface area contributed by atoms with E-state index in [0.717, 1.165) is 38.8 Å².